The van der Waals surface area contributed by atoms with Crippen molar-refractivity contribution in [2.75, 3.05) is 0 Å². The quantitative estimate of drug-likeness (QED) is 0.170. The van der Waals surface area contributed by atoms with E-state index in [0.717, 1.165) is 31.0 Å². The lowest BCUT2D eigenvalue weighted by atomic mass is 10.0. The van der Waals surface area contributed by atoms with Crippen molar-refractivity contribution >= 4 is 17.9 Å². The summed E-state index contributed by atoms with van der Waals surface area (Å²) >= 11 is 0. The fraction of sp³-hybridized carbons (Fsp3) is 0.625. The SMILES string of the molecule is CCCCCCCCCCCCCCCC(=O)Oc1cc(C(=O)O)cc(C(=O)O)c1. The van der Waals surface area contributed by atoms with Crippen LogP contribution in [0, 0.1) is 0 Å². The van der Waals surface area contributed by atoms with Crippen LogP contribution in [0.5, 0.6) is 5.75 Å². The number of carbonyl (C=O) groups is 3. The highest BCUT2D eigenvalue weighted by Gasteiger charge is 2.14. The van der Waals surface area contributed by atoms with Gasteiger partial charge in [0.05, 0.1) is 11.1 Å². The van der Waals surface area contributed by atoms with Crippen LogP contribution in [0.1, 0.15) is 118 Å². The van der Waals surface area contributed by atoms with Crippen LogP contribution >= 0.6 is 0 Å². The van der Waals surface area contributed by atoms with Crippen LogP contribution in [0.2, 0.25) is 0 Å². The summed E-state index contributed by atoms with van der Waals surface area (Å²) in [5.74, 6) is -3.07. The monoisotopic (exact) mass is 420 g/mol. The summed E-state index contributed by atoms with van der Waals surface area (Å²) in [6.45, 7) is 2.24. The van der Waals surface area contributed by atoms with Crippen molar-refractivity contribution in [3.05, 3.63) is 29.3 Å². The number of hydrogen-bond acceptors (Lipinski definition) is 4. The second-order valence-corrected chi connectivity index (χ2v) is 7.82. The van der Waals surface area contributed by atoms with Crippen LogP contribution in [0.25, 0.3) is 0 Å². The van der Waals surface area contributed by atoms with E-state index in [4.69, 9.17) is 14.9 Å². The van der Waals surface area contributed by atoms with Gasteiger partial charge in [0.25, 0.3) is 0 Å². The Bertz CT molecular complexity index is 635. The molecule has 0 heterocycles. The summed E-state index contributed by atoms with van der Waals surface area (Å²) in [5, 5.41) is 18.1. The minimum atomic E-state index is -1.27. The molecule has 0 fully saturated rings. The number of carboxylic acid groups (broad SMARTS) is 2. The first-order chi connectivity index (χ1) is 14.4. The topological polar surface area (TPSA) is 101 Å². The van der Waals surface area contributed by atoms with Crippen molar-refractivity contribution in [3.63, 3.8) is 0 Å². The highest BCUT2D eigenvalue weighted by atomic mass is 16.5. The number of benzene rings is 1. The van der Waals surface area contributed by atoms with Crippen molar-refractivity contribution in [2.24, 2.45) is 0 Å². The van der Waals surface area contributed by atoms with Crippen LogP contribution in [-0.4, -0.2) is 28.1 Å². The molecule has 30 heavy (non-hydrogen) atoms. The van der Waals surface area contributed by atoms with Gasteiger partial charge in [0.2, 0.25) is 0 Å². The number of aromatic carboxylic acids is 2. The summed E-state index contributed by atoms with van der Waals surface area (Å²) in [4.78, 5) is 34.1. The fourth-order valence-electron chi connectivity index (χ4n) is 3.37. The molecule has 0 atom stereocenters. The molecule has 168 valence electrons. The van der Waals surface area contributed by atoms with E-state index in [1.807, 2.05) is 0 Å². The summed E-state index contributed by atoms with van der Waals surface area (Å²) in [7, 11) is 0. The van der Waals surface area contributed by atoms with Gasteiger partial charge < -0.3 is 14.9 Å². The number of carbonyl (C=O) groups excluding carboxylic acids is 1. The minimum absolute atomic E-state index is 0.0491. The molecule has 0 aliphatic carbocycles. The highest BCUT2D eigenvalue weighted by Crippen LogP contribution is 2.19. The molecule has 0 unspecified atom stereocenters. The molecule has 6 heteroatoms. The van der Waals surface area contributed by atoms with Gasteiger partial charge in [-0.15, -0.1) is 0 Å². The van der Waals surface area contributed by atoms with Crippen molar-refractivity contribution in [1.82, 2.24) is 0 Å². The third-order valence-corrected chi connectivity index (χ3v) is 5.12. The predicted molar refractivity (Wildman–Crippen MR) is 116 cm³/mol. The number of ether oxygens (including phenoxy) is 1. The molecule has 1 rings (SSSR count). The molecule has 0 aliphatic rings. The summed E-state index contributed by atoms with van der Waals surface area (Å²) in [6.07, 6.45) is 16.0. The van der Waals surface area contributed by atoms with Gasteiger partial charge >= 0.3 is 17.9 Å². The lowest BCUT2D eigenvalue weighted by Crippen LogP contribution is -2.10. The molecule has 0 spiro atoms. The van der Waals surface area contributed by atoms with E-state index in [1.54, 1.807) is 0 Å². The van der Waals surface area contributed by atoms with Gasteiger partial charge in [-0.05, 0) is 24.6 Å². The molecule has 0 saturated carbocycles. The van der Waals surface area contributed by atoms with E-state index in [9.17, 15) is 14.4 Å². The van der Waals surface area contributed by atoms with E-state index in [1.165, 1.54) is 64.2 Å². The number of hydrogen-bond donors (Lipinski definition) is 2. The molecule has 1 aromatic rings. The maximum atomic E-state index is 12.0. The molecule has 0 saturated heterocycles. The van der Waals surface area contributed by atoms with Crippen LogP contribution in [0.15, 0.2) is 18.2 Å². The Morgan fingerprint density at radius 3 is 1.47 bits per heavy atom. The van der Waals surface area contributed by atoms with Crippen LogP contribution in [-0.2, 0) is 4.79 Å². The zero-order valence-electron chi connectivity index (χ0n) is 18.2. The maximum Gasteiger partial charge on any atom is 0.335 e. The lowest BCUT2D eigenvalue weighted by Gasteiger charge is -2.07. The standard InChI is InChI=1S/C24H36O6/c1-2-3-4-5-6-7-8-9-10-11-12-13-14-15-22(25)30-21-17-19(23(26)27)16-20(18-21)24(28)29/h16-18H,2-15H2,1H3,(H,26,27)(H,28,29). The van der Waals surface area contributed by atoms with Crippen LogP contribution < -0.4 is 4.74 Å². The predicted octanol–water partition coefficient (Wildman–Crippen LogP) is 6.47. The largest absolute Gasteiger partial charge is 0.478 e. The van der Waals surface area contributed by atoms with Gasteiger partial charge in [-0.2, -0.15) is 0 Å². The molecular weight excluding hydrogens is 384 g/mol. The van der Waals surface area contributed by atoms with E-state index in [2.05, 4.69) is 6.92 Å². The van der Waals surface area contributed by atoms with Gasteiger partial charge in [0, 0.05) is 6.42 Å². The van der Waals surface area contributed by atoms with Crippen molar-refractivity contribution in [2.45, 2.75) is 96.8 Å². The third-order valence-electron chi connectivity index (χ3n) is 5.12. The van der Waals surface area contributed by atoms with Gasteiger partial charge in [-0.25, -0.2) is 9.59 Å². The minimum Gasteiger partial charge on any atom is -0.478 e. The van der Waals surface area contributed by atoms with Crippen LogP contribution in [0.3, 0.4) is 0 Å². The molecule has 2 N–H and O–H groups in total. The van der Waals surface area contributed by atoms with Gasteiger partial charge in [0.15, 0.2) is 0 Å². The number of carboxylic acids is 2. The molecule has 0 radical (unpaired) electrons. The molecular formula is C24H36O6. The van der Waals surface area contributed by atoms with E-state index >= 15 is 0 Å². The molecule has 0 aliphatic heterocycles. The zero-order chi connectivity index (χ0) is 22.2. The normalized spacial score (nSPS) is 10.7. The van der Waals surface area contributed by atoms with Gasteiger partial charge in [-0.3, -0.25) is 4.79 Å². The summed E-state index contributed by atoms with van der Waals surface area (Å²) in [6, 6.07) is 3.36. The summed E-state index contributed by atoms with van der Waals surface area (Å²) < 4.78 is 5.14. The second-order valence-electron chi connectivity index (χ2n) is 7.82. The average molecular weight is 421 g/mol. The number of esters is 1. The van der Waals surface area contributed by atoms with E-state index in [-0.39, 0.29) is 23.3 Å². The average Bonchev–Trinajstić information content (AvgIpc) is 2.71. The molecule has 0 bridgehead atoms. The Morgan fingerprint density at radius 2 is 1.07 bits per heavy atom. The van der Waals surface area contributed by atoms with Crippen molar-refractivity contribution in [1.29, 1.82) is 0 Å². The smallest absolute Gasteiger partial charge is 0.335 e. The Hall–Kier alpha value is -2.37. The van der Waals surface area contributed by atoms with Crippen molar-refractivity contribution in [3.8, 4) is 5.75 Å². The fourth-order valence-corrected chi connectivity index (χ4v) is 3.37. The maximum absolute atomic E-state index is 12.0. The first kappa shape index (κ1) is 25.7. The lowest BCUT2D eigenvalue weighted by molar-refractivity contribution is -0.134. The highest BCUT2D eigenvalue weighted by molar-refractivity contribution is 5.94. The van der Waals surface area contributed by atoms with Gasteiger partial charge in [0.1, 0.15) is 5.75 Å². The Balaban J connectivity index is 2.14. The zero-order valence-corrected chi connectivity index (χ0v) is 18.2. The van der Waals surface area contributed by atoms with Gasteiger partial charge in [-0.1, -0.05) is 84.0 Å². The Morgan fingerprint density at radius 1 is 0.667 bits per heavy atom. The molecule has 6 nitrogen and oxygen atoms in total. The number of rotatable bonds is 17. The Labute approximate surface area is 179 Å². The van der Waals surface area contributed by atoms with Crippen molar-refractivity contribution < 1.29 is 29.3 Å². The van der Waals surface area contributed by atoms with Crippen LogP contribution in [0.4, 0.5) is 0 Å². The molecule has 1 aromatic carbocycles. The summed E-state index contributed by atoms with van der Waals surface area (Å²) in [5.41, 5.74) is -0.447. The second kappa shape index (κ2) is 15.5. The molecule has 0 amide bonds. The Kier molecular flexibility index (Phi) is 13.2. The number of unbranched alkanes of at least 4 members (excludes halogenated alkanes) is 12. The van der Waals surface area contributed by atoms with E-state index in [0.29, 0.717) is 6.42 Å². The first-order valence-electron chi connectivity index (χ1n) is 11.3. The molecule has 0 aromatic heterocycles. The van der Waals surface area contributed by atoms with E-state index < -0.39 is 17.9 Å². The third kappa shape index (κ3) is 11.6. The first-order valence-corrected chi connectivity index (χ1v) is 11.3.